The fourth-order valence-electron chi connectivity index (χ4n) is 2.49. The largest absolute Gasteiger partial charge is 0.241 e. The van der Waals surface area contributed by atoms with E-state index >= 15 is 0 Å². The van der Waals surface area contributed by atoms with E-state index < -0.39 is 10.0 Å². The average Bonchev–Trinajstić information content (AvgIpc) is 2.28. The lowest BCUT2D eigenvalue weighted by Gasteiger charge is -2.27. The smallest absolute Gasteiger partial charge is 0.208 e. The van der Waals surface area contributed by atoms with E-state index in [9.17, 15) is 8.42 Å². The number of halogens is 1. The van der Waals surface area contributed by atoms with Crippen LogP contribution in [0.2, 0.25) is 0 Å². The van der Waals surface area contributed by atoms with Crippen molar-refractivity contribution in [2.45, 2.75) is 43.5 Å². The molecule has 0 bridgehead atoms. The van der Waals surface area contributed by atoms with E-state index in [0.29, 0.717) is 15.3 Å². The van der Waals surface area contributed by atoms with E-state index in [0.717, 1.165) is 19.3 Å². The van der Waals surface area contributed by atoms with E-state index in [1.54, 1.807) is 18.2 Å². The SMILES string of the molecule is CC1CCCC(NS(=O)(=O)c2ccccc2Br)C1. The van der Waals surface area contributed by atoms with Gasteiger partial charge < -0.3 is 0 Å². The van der Waals surface area contributed by atoms with Crippen molar-refractivity contribution in [2.75, 3.05) is 0 Å². The van der Waals surface area contributed by atoms with Gasteiger partial charge in [0.2, 0.25) is 10.0 Å². The summed E-state index contributed by atoms with van der Waals surface area (Å²) in [5, 5.41) is 0. The van der Waals surface area contributed by atoms with Crippen molar-refractivity contribution in [1.82, 2.24) is 4.72 Å². The molecule has 0 aliphatic heterocycles. The monoisotopic (exact) mass is 331 g/mol. The Balaban J connectivity index is 2.15. The van der Waals surface area contributed by atoms with Gasteiger partial charge in [0.15, 0.2) is 0 Å². The molecule has 1 aromatic carbocycles. The van der Waals surface area contributed by atoms with E-state index in [1.807, 2.05) is 6.07 Å². The molecule has 18 heavy (non-hydrogen) atoms. The maximum absolute atomic E-state index is 12.3. The van der Waals surface area contributed by atoms with Crippen LogP contribution in [0.1, 0.15) is 32.6 Å². The molecule has 0 heterocycles. The molecule has 1 aromatic rings. The van der Waals surface area contributed by atoms with E-state index in [1.165, 1.54) is 6.42 Å². The lowest BCUT2D eigenvalue weighted by molar-refractivity contribution is 0.327. The highest BCUT2D eigenvalue weighted by Crippen LogP contribution is 2.26. The van der Waals surface area contributed by atoms with E-state index in [2.05, 4.69) is 27.6 Å². The number of benzene rings is 1. The van der Waals surface area contributed by atoms with Gasteiger partial charge in [0.25, 0.3) is 0 Å². The van der Waals surface area contributed by atoms with Crippen LogP contribution in [0, 0.1) is 5.92 Å². The van der Waals surface area contributed by atoms with Crippen LogP contribution in [0.25, 0.3) is 0 Å². The van der Waals surface area contributed by atoms with Crippen LogP contribution >= 0.6 is 15.9 Å². The molecule has 0 spiro atoms. The summed E-state index contributed by atoms with van der Waals surface area (Å²) in [5.41, 5.74) is 0. The van der Waals surface area contributed by atoms with Gasteiger partial charge in [-0.2, -0.15) is 0 Å². The van der Waals surface area contributed by atoms with Crippen LogP contribution in [-0.4, -0.2) is 14.5 Å². The van der Waals surface area contributed by atoms with Crippen LogP contribution in [-0.2, 0) is 10.0 Å². The van der Waals surface area contributed by atoms with Gasteiger partial charge in [0.1, 0.15) is 0 Å². The zero-order valence-electron chi connectivity index (χ0n) is 10.4. The molecule has 0 radical (unpaired) electrons. The Hall–Kier alpha value is -0.390. The molecule has 1 aliphatic rings. The fraction of sp³-hybridized carbons (Fsp3) is 0.538. The maximum atomic E-state index is 12.3. The maximum Gasteiger partial charge on any atom is 0.241 e. The van der Waals surface area contributed by atoms with Gasteiger partial charge in [0, 0.05) is 10.5 Å². The van der Waals surface area contributed by atoms with Gasteiger partial charge in [-0.25, -0.2) is 13.1 Å². The second kappa shape index (κ2) is 5.72. The zero-order chi connectivity index (χ0) is 13.2. The van der Waals surface area contributed by atoms with Crippen molar-refractivity contribution in [2.24, 2.45) is 5.92 Å². The summed E-state index contributed by atoms with van der Waals surface area (Å²) in [7, 11) is -3.41. The lowest BCUT2D eigenvalue weighted by Crippen LogP contribution is -2.38. The van der Waals surface area contributed by atoms with Gasteiger partial charge >= 0.3 is 0 Å². The van der Waals surface area contributed by atoms with Gasteiger partial charge in [-0.15, -0.1) is 0 Å². The Labute approximate surface area is 117 Å². The van der Waals surface area contributed by atoms with Gasteiger partial charge in [0.05, 0.1) is 4.90 Å². The minimum absolute atomic E-state index is 0.0749. The Bertz CT molecular complexity index is 515. The number of hydrogen-bond donors (Lipinski definition) is 1. The van der Waals surface area contributed by atoms with Crippen LogP contribution in [0.4, 0.5) is 0 Å². The van der Waals surface area contributed by atoms with E-state index in [4.69, 9.17) is 0 Å². The predicted octanol–water partition coefficient (Wildman–Crippen LogP) is 3.31. The minimum Gasteiger partial charge on any atom is -0.208 e. The summed E-state index contributed by atoms with van der Waals surface area (Å²) >= 11 is 3.29. The van der Waals surface area contributed by atoms with Gasteiger partial charge in [-0.05, 0) is 46.8 Å². The molecule has 2 atom stereocenters. The Morgan fingerprint density at radius 1 is 1.28 bits per heavy atom. The third-order valence-electron chi connectivity index (χ3n) is 3.38. The summed E-state index contributed by atoms with van der Waals surface area (Å²) in [4.78, 5) is 0.322. The first-order valence-electron chi connectivity index (χ1n) is 6.26. The molecule has 1 N–H and O–H groups in total. The van der Waals surface area contributed by atoms with Crippen LogP contribution in [0.5, 0.6) is 0 Å². The second-order valence-electron chi connectivity index (χ2n) is 5.02. The summed E-state index contributed by atoms with van der Waals surface area (Å²) < 4.78 is 28.0. The second-order valence-corrected chi connectivity index (χ2v) is 7.56. The van der Waals surface area contributed by atoms with Crippen molar-refractivity contribution >= 4 is 26.0 Å². The molecule has 1 aliphatic carbocycles. The number of hydrogen-bond acceptors (Lipinski definition) is 2. The average molecular weight is 332 g/mol. The first-order valence-corrected chi connectivity index (χ1v) is 8.53. The van der Waals surface area contributed by atoms with Crippen LogP contribution in [0.15, 0.2) is 33.6 Å². The molecule has 1 fully saturated rings. The fourth-order valence-corrected chi connectivity index (χ4v) is 4.77. The number of sulfonamides is 1. The molecule has 100 valence electrons. The zero-order valence-corrected chi connectivity index (χ0v) is 12.8. The third kappa shape index (κ3) is 3.33. The van der Waals surface area contributed by atoms with E-state index in [-0.39, 0.29) is 6.04 Å². The standard InChI is InChI=1S/C13H18BrNO2S/c1-10-5-4-6-11(9-10)15-18(16,17)13-8-3-2-7-12(13)14/h2-3,7-8,10-11,15H,4-6,9H2,1H3. The topological polar surface area (TPSA) is 46.2 Å². The molecule has 0 amide bonds. The molecular formula is C13H18BrNO2S. The molecule has 3 nitrogen and oxygen atoms in total. The summed E-state index contributed by atoms with van der Waals surface area (Å²) in [6.45, 7) is 2.18. The van der Waals surface area contributed by atoms with Crippen LogP contribution < -0.4 is 4.72 Å². The summed E-state index contributed by atoms with van der Waals surface area (Å²) in [6, 6.07) is 7.00. The quantitative estimate of drug-likeness (QED) is 0.923. The predicted molar refractivity (Wildman–Crippen MR) is 75.9 cm³/mol. The van der Waals surface area contributed by atoms with Crippen molar-refractivity contribution in [1.29, 1.82) is 0 Å². The summed E-state index contributed by atoms with van der Waals surface area (Å²) in [5.74, 6) is 0.602. The highest BCUT2D eigenvalue weighted by Gasteiger charge is 2.25. The Morgan fingerprint density at radius 3 is 2.67 bits per heavy atom. The number of nitrogens with one attached hydrogen (secondary N) is 1. The van der Waals surface area contributed by atoms with Crippen molar-refractivity contribution in [3.8, 4) is 0 Å². The molecule has 0 aromatic heterocycles. The van der Waals surface area contributed by atoms with Crippen LogP contribution in [0.3, 0.4) is 0 Å². The molecule has 5 heteroatoms. The van der Waals surface area contributed by atoms with Gasteiger partial charge in [-0.3, -0.25) is 0 Å². The van der Waals surface area contributed by atoms with Crippen molar-refractivity contribution in [3.05, 3.63) is 28.7 Å². The van der Waals surface area contributed by atoms with Gasteiger partial charge in [-0.1, -0.05) is 31.9 Å². The third-order valence-corrected chi connectivity index (χ3v) is 5.92. The highest BCUT2D eigenvalue weighted by molar-refractivity contribution is 9.10. The highest BCUT2D eigenvalue weighted by atomic mass is 79.9. The first-order chi connectivity index (χ1) is 8.49. The molecule has 2 unspecified atom stereocenters. The molecular weight excluding hydrogens is 314 g/mol. The van der Waals surface area contributed by atoms with Crippen molar-refractivity contribution < 1.29 is 8.42 Å². The van der Waals surface area contributed by atoms with Crippen molar-refractivity contribution in [3.63, 3.8) is 0 Å². The minimum atomic E-state index is -3.41. The lowest BCUT2D eigenvalue weighted by atomic mass is 9.88. The Kier molecular flexibility index (Phi) is 4.45. The number of rotatable bonds is 3. The first kappa shape index (κ1) is 14.0. The Morgan fingerprint density at radius 2 is 2.00 bits per heavy atom. The normalized spacial score (nSPS) is 25.0. The molecule has 1 saturated carbocycles. The molecule has 2 rings (SSSR count). The summed E-state index contributed by atoms with van der Waals surface area (Å²) in [6.07, 6.45) is 4.18. The molecule has 0 saturated heterocycles.